The molecule has 0 heterocycles. The van der Waals surface area contributed by atoms with E-state index in [1.807, 2.05) is 0 Å². The van der Waals surface area contributed by atoms with Crippen LogP contribution in [-0.2, 0) is 4.79 Å². The zero-order chi connectivity index (χ0) is 11.8. The van der Waals surface area contributed by atoms with E-state index < -0.39 is 5.97 Å². The molecule has 1 rings (SSSR count). The molecule has 3 heteroatoms. The summed E-state index contributed by atoms with van der Waals surface area (Å²) in [7, 11) is 0. The molecule has 16 heavy (non-hydrogen) atoms. The lowest BCUT2D eigenvalue weighted by Crippen LogP contribution is -2.29. The molecule has 2 N–H and O–H groups in total. The molecule has 0 atom stereocenters. The van der Waals surface area contributed by atoms with Crippen molar-refractivity contribution in [1.29, 1.82) is 0 Å². The number of carbonyl (C=O) groups is 1. The summed E-state index contributed by atoms with van der Waals surface area (Å²) in [6, 6.07) is 0. The van der Waals surface area contributed by atoms with Gasteiger partial charge in [0.2, 0.25) is 0 Å². The van der Waals surface area contributed by atoms with Crippen molar-refractivity contribution in [2.75, 3.05) is 13.1 Å². The van der Waals surface area contributed by atoms with Crippen LogP contribution in [0.15, 0.2) is 0 Å². The van der Waals surface area contributed by atoms with Crippen molar-refractivity contribution in [3.05, 3.63) is 0 Å². The summed E-state index contributed by atoms with van der Waals surface area (Å²) < 4.78 is 0. The topological polar surface area (TPSA) is 49.3 Å². The lowest BCUT2D eigenvalue weighted by molar-refractivity contribution is -0.143. The zero-order valence-electron chi connectivity index (χ0n) is 10.4. The van der Waals surface area contributed by atoms with Gasteiger partial charge in [0, 0.05) is 0 Å². The molecule has 1 aliphatic carbocycles. The van der Waals surface area contributed by atoms with Crippen molar-refractivity contribution >= 4 is 5.97 Å². The summed E-state index contributed by atoms with van der Waals surface area (Å²) >= 11 is 0. The lowest BCUT2D eigenvalue weighted by Gasteiger charge is -2.26. The third kappa shape index (κ3) is 4.97. The van der Waals surface area contributed by atoms with Crippen molar-refractivity contribution < 1.29 is 9.90 Å². The Balaban J connectivity index is 2.02. The molecule has 94 valence electrons. The first-order valence-electron chi connectivity index (χ1n) is 6.67. The van der Waals surface area contributed by atoms with Gasteiger partial charge < -0.3 is 10.4 Å². The van der Waals surface area contributed by atoms with Crippen molar-refractivity contribution in [2.45, 2.75) is 51.9 Å². The van der Waals surface area contributed by atoms with E-state index in [9.17, 15) is 4.79 Å². The number of nitrogens with one attached hydrogen (secondary N) is 1. The normalized spacial score (nSPS) is 25.6. The van der Waals surface area contributed by atoms with Gasteiger partial charge in [0.25, 0.3) is 0 Å². The monoisotopic (exact) mass is 227 g/mol. The van der Waals surface area contributed by atoms with E-state index in [0.29, 0.717) is 5.92 Å². The van der Waals surface area contributed by atoms with Gasteiger partial charge in [-0.3, -0.25) is 4.79 Å². The molecule has 1 fully saturated rings. The Morgan fingerprint density at radius 2 is 1.94 bits per heavy atom. The van der Waals surface area contributed by atoms with Gasteiger partial charge in [0.1, 0.15) is 0 Å². The smallest absolute Gasteiger partial charge is 0.306 e. The van der Waals surface area contributed by atoms with E-state index in [-0.39, 0.29) is 5.92 Å². The predicted molar refractivity (Wildman–Crippen MR) is 65.5 cm³/mol. The van der Waals surface area contributed by atoms with Crippen molar-refractivity contribution in [3.63, 3.8) is 0 Å². The molecule has 0 aromatic heterocycles. The van der Waals surface area contributed by atoms with Gasteiger partial charge in [0.05, 0.1) is 5.92 Å². The molecule has 0 radical (unpaired) electrons. The van der Waals surface area contributed by atoms with E-state index in [2.05, 4.69) is 12.2 Å². The molecule has 1 saturated carbocycles. The second-order valence-electron chi connectivity index (χ2n) is 4.97. The zero-order valence-corrected chi connectivity index (χ0v) is 10.4. The van der Waals surface area contributed by atoms with Crippen molar-refractivity contribution in [2.24, 2.45) is 11.8 Å². The Morgan fingerprint density at radius 1 is 1.25 bits per heavy atom. The van der Waals surface area contributed by atoms with Crippen molar-refractivity contribution in [1.82, 2.24) is 5.32 Å². The molecule has 0 aromatic carbocycles. The highest BCUT2D eigenvalue weighted by Crippen LogP contribution is 2.28. The van der Waals surface area contributed by atoms with Crippen LogP contribution in [0.5, 0.6) is 0 Å². The minimum atomic E-state index is -0.602. The van der Waals surface area contributed by atoms with Crippen LogP contribution in [0.3, 0.4) is 0 Å². The molecule has 0 aliphatic heterocycles. The fourth-order valence-corrected chi connectivity index (χ4v) is 2.42. The third-order valence-electron chi connectivity index (χ3n) is 3.59. The van der Waals surface area contributed by atoms with E-state index in [1.165, 1.54) is 19.3 Å². The van der Waals surface area contributed by atoms with Gasteiger partial charge in [0.15, 0.2) is 0 Å². The van der Waals surface area contributed by atoms with Crippen LogP contribution in [-0.4, -0.2) is 24.2 Å². The second-order valence-corrected chi connectivity index (χ2v) is 4.97. The highest BCUT2D eigenvalue weighted by atomic mass is 16.4. The molecule has 0 unspecified atom stereocenters. The second kappa shape index (κ2) is 7.66. The third-order valence-corrected chi connectivity index (χ3v) is 3.59. The largest absolute Gasteiger partial charge is 0.481 e. The summed E-state index contributed by atoms with van der Waals surface area (Å²) in [6.07, 6.45) is 7.74. The number of aliphatic carboxylic acids is 1. The number of unbranched alkanes of at least 4 members (excludes halogenated alkanes) is 2. The molecule has 0 amide bonds. The van der Waals surface area contributed by atoms with Gasteiger partial charge in [-0.05, 0) is 51.1 Å². The van der Waals surface area contributed by atoms with Gasteiger partial charge in [-0.15, -0.1) is 0 Å². The highest BCUT2D eigenvalue weighted by molar-refractivity contribution is 5.69. The van der Waals surface area contributed by atoms with E-state index in [1.54, 1.807) is 0 Å². The maximum absolute atomic E-state index is 10.8. The quantitative estimate of drug-likeness (QED) is 0.657. The Hall–Kier alpha value is -0.570. The SMILES string of the molecule is CCCCCNCC1CCC(C(=O)O)CC1. The van der Waals surface area contributed by atoms with Crippen LogP contribution in [0.2, 0.25) is 0 Å². The van der Waals surface area contributed by atoms with Crippen LogP contribution in [0.1, 0.15) is 51.9 Å². The van der Waals surface area contributed by atoms with Crippen molar-refractivity contribution in [3.8, 4) is 0 Å². The average molecular weight is 227 g/mol. The van der Waals surface area contributed by atoms with Crippen LogP contribution in [0.4, 0.5) is 0 Å². The molecule has 0 bridgehead atoms. The minimum Gasteiger partial charge on any atom is -0.481 e. The summed E-state index contributed by atoms with van der Waals surface area (Å²) in [4.78, 5) is 10.8. The molecule has 0 saturated heterocycles. The summed E-state index contributed by atoms with van der Waals surface area (Å²) in [5.41, 5.74) is 0. The maximum atomic E-state index is 10.8. The first-order valence-corrected chi connectivity index (χ1v) is 6.67. The Labute approximate surface area is 98.6 Å². The van der Waals surface area contributed by atoms with E-state index in [4.69, 9.17) is 5.11 Å². The molecular weight excluding hydrogens is 202 g/mol. The summed E-state index contributed by atoms with van der Waals surface area (Å²) in [5.74, 6) is 0.0305. The molecule has 1 aliphatic rings. The molecule has 0 spiro atoms. The van der Waals surface area contributed by atoms with Gasteiger partial charge in [-0.1, -0.05) is 19.8 Å². The van der Waals surface area contributed by atoms with Gasteiger partial charge in [-0.2, -0.15) is 0 Å². The van der Waals surface area contributed by atoms with Crippen LogP contribution in [0.25, 0.3) is 0 Å². The average Bonchev–Trinajstić information content (AvgIpc) is 2.29. The molecule has 0 aromatic rings. The van der Waals surface area contributed by atoms with Crippen LogP contribution in [0, 0.1) is 11.8 Å². The summed E-state index contributed by atoms with van der Waals surface area (Å²) in [5, 5.41) is 12.4. The lowest BCUT2D eigenvalue weighted by atomic mass is 9.82. The number of carboxylic acids is 1. The Morgan fingerprint density at radius 3 is 2.50 bits per heavy atom. The number of hydrogen-bond acceptors (Lipinski definition) is 2. The molecule has 3 nitrogen and oxygen atoms in total. The number of hydrogen-bond donors (Lipinski definition) is 2. The predicted octanol–water partition coefficient (Wildman–Crippen LogP) is 2.66. The fraction of sp³-hybridized carbons (Fsp3) is 0.923. The first kappa shape index (κ1) is 13.5. The van der Waals surface area contributed by atoms with E-state index in [0.717, 1.165) is 38.8 Å². The maximum Gasteiger partial charge on any atom is 0.306 e. The standard InChI is InChI=1S/C13H25NO2/c1-2-3-4-9-14-10-11-5-7-12(8-6-11)13(15)16/h11-12,14H,2-10H2,1H3,(H,15,16). The van der Waals surface area contributed by atoms with E-state index >= 15 is 0 Å². The summed E-state index contributed by atoms with van der Waals surface area (Å²) in [6.45, 7) is 4.41. The number of rotatable bonds is 7. The Kier molecular flexibility index (Phi) is 6.46. The highest BCUT2D eigenvalue weighted by Gasteiger charge is 2.25. The van der Waals surface area contributed by atoms with Gasteiger partial charge >= 0.3 is 5.97 Å². The molecular formula is C13H25NO2. The fourth-order valence-electron chi connectivity index (χ4n) is 2.42. The van der Waals surface area contributed by atoms with Crippen LogP contribution < -0.4 is 5.32 Å². The van der Waals surface area contributed by atoms with Crippen LogP contribution >= 0.6 is 0 Å². The first-order chi connectivity index (χ1) is 7.74. The minimum absolute atomic E-state index is 0.0728. The Bertz CT molecular complexity index is 198. The van der Waals surface area contributed by atoms with Gasteiger partial charge in [-0.25, -0.2) is 0 Å². The number of carboxylic acid groups (broad SMARTS) is 1.